The van der Waals surface area contributed by atoms with Crippen molar-refractivity contribution in [2.75, 3.05) is 11.5 Å². The van der Waals surface area contributed by atoms with Gasteiger partial charge in [0.1, 0.15) is 5.58 Å². The van der Waals surface area contributed by atoms with Crippen LogP contribution in [0.4, 0.5) is 0 Å². The lowest BCUT2D eigenvalue weighted by atomic mass is 10.0. The summed E-state index contributed by atoms with van der Waals surface area (Å²) in [5, 5.41) is 0.425. The highest BCUT2D eigenvalue weighted by molar-refractivity contribution is 7.91. The molecule has 0 spiro atoms. The zero-order valence-electron chi connectivity index (χ0n) is 19.4. The number of amides is 1. The topological polar surface area (TPSA) is 84.7 Å². The molecule has 3 aromatic rings. The van der Waals surface area contributed by atoms with Crippen LogP contribution in [-0.2, 0) is 16.4 Å². The third kappa shape index (κ3) is 4.88. The normalized spacial score (nSPS) is 17.5. The van der Waals surface area contributed by atoms with Gasteiger partial charge in [-0.1, -0.05) is 38.1 Å². The van der Waals surface area contributed by atoms with Crippen molar-refractivity contribution in [2.24, 2.45) is 0 Å². The standard InChI is InChI=1S/C26H29NO5S/c1-16(2)20-7-5-19(6-8-20)14-27(21-9-10-33(30,31)15-21)26(29)25-13-23(28)22-11-17(3)18(4)12-24(22)32-25/h5-8,11-13,16,21H,9-10,14-15H2,1-4H3/t21-/m1/s1. The van der Waals surface area contributed by atoms with Crippen LogP contribution in [0.5, 0.6) is 0 Å². The number of sulfone groups is 1. The first-order chi connectivity index (χ1) is 15.5. The fourth-order valence-corrected chi connectivity index (χ4v) is 5.98. The summed E-state index contributed by atoms with van der Waals surface area (Å²) in [4.78, 5) is 27.9. The smallest absolute Gasteiger partial charge is 0.290 e. The van der Waals surface area contributed by atoms with E-state index in [1.54, 1.807) is 17.0 Å². The van der Waals surface area contributed by atoms with E-state index in [0.717, 1.165) is 16.7 Å². The summed E-state index contributed by atoms with van der Waals surface area (Å²) in [7, 11) is -3.21. The Morgan fingerprint density at radius 3 is 2.36 bits per heavy atom. The van der Waals surface area contributed by atoms with Crippen LogP contribution in [0.1, 0.15) is 59.0 Å². The fourth-order valence-electron chi connectivity index (χ4n) is 4.25. The second-order valence-electron chi connectivity index (χ2n) is 9.29. The molecule has 1 saturated heterocycles. The lowest BCUT2D eigenvalue weighted by molar-refractivity contribution is 0.0648. The number of carbonyl (C=O) groups excluding carboxylic acids is 1. The largest absolute Gasteiger partial charge is 0.451 e. The van der Waals surface area contributed by atoms with Crippen LogP contribution >= 0.6 is 0 Å². The molecule has 6 nitrogen and oxygen atoms in total. The molecule has 0 radical (unpaired) electrons. The van der Waals surface area contributed by atoms with Crippen LogP contribution in [-0.4, -0.2) is 36.8 Å². The van der Waals surface area contributed by atoms with Gasteiger partial charge in [-0.25, -0.2) is 8.42 Å². The average molecular weight is 468 g/mol. The summed E-state index contributed by atoms with van der Waals surface area (Å²) in [6, 6.07) is 12.2. The van der Waals surface area contributed by atoms with Crippen LogP contribution in [0.25, 0.3) is 11.0 Å². The van der Waals surface area contributed by atoms with E-state index in [1.807, 2.05) is 38.1 Å². The Kier molecular flexibility index (Phi) is 6.18. The van der Waals surface area contributed by atoms with E-state index in [2.05, 4.69) is 13.8 Å². The van der Waals surface area contributed by atoms with E-state index in [1.165, 1.54) is 11.6 Å². The van der Waals surface area contributed by atoms with Crippen molar-refractivity contribution in [2.45, 2.75) is 52.6 Å². The van der Waals surface area contributed by atoms with Gasteiger partial charge in [-0.15, -0.1) is 0 Å². The highest BCUT2D eigenvalue weighted by Crippen LogP contribution is 2.25. The molecule has 0 bridgehead atoms. The first kappa shape index (κ1) is 23.2. The van der Waals surface area contributed by atoms with Gasteiger partial charge < -0.3 is 9.32 Å². The molecule has 1 aliphatic heterocycles. The first-order valence-electron chi connectivity index (χ1n) is 11.2. The quantitative estimate of drug-likeness (QED) is 0.557. The molecule has 1 fully saturated rings. The van der Waals surface area contributed by atoms with Crippen LogP contribution in [0, 0.1) is 13.8 Å². The summed E-state index contributed by atoms with van der Waals surface area (Å²) in [6.45, 7) is 8.30. The van der Waals surface area contributed by atoms with Crippen molar-refractivity contribution in [1.29, 1.82) is 0 Å². The lowest BCUT2D eigenvalue weighted by Crippen LogP contribution is -2.40. The molecule has 33 heavy (non-hydrogen) atoms. The highest BCUT2D eigenvalue weighted by Gasteiger charge is 2.36. The Bertz CT molecular complexity index is 1370. The zero-order chi connectivity index (χ0) is 23.9. The molecule has 0 unspecified atom stereocenters. The van der Waals surface area contributed by atoms with Crippen molar-refractivity contribution in [1.82, 2.24) is 4.90 Å². The third-order valence-corrected chi connectivity index (χ3v) is 8.21. The zero-order valence-corrected chi connectivity index (χ0v) is 20.2. The molecule has 0 aliphatic carbocycles. The minimum Gasteiger partial charge on any atom is -0.451 e. The van der Waals surface area contributed by atoms with Gasteiger partial charge in [-0.3, -0.25) is 9.59 Å². The number of rotatable bonds is 5. The van der Waals surface area contributed by atoms with Crippen LogP contribution in [0.3, 0.4) is 0 Å². The van der Waals surface area contributed by atoms with Gasteiger partial charge in [-0.05, 0) is 60.6 Å². The highest BCUT2D eigenvalue weighted by atomic mass is 32.2. The van der Waals surface area contributed by atoms with E-state index in [9.17, 15) is 18.0 Å². The third-order valence-electron chi connectivity index (χ3n) is 6.46. The lowest BCUT2D eigenvalue weighted by Gasteiger charge is -2.28. The van der Waals surface area contributed by atoms with E-state index in [-0.39, 0.29) is 29.2 Å². The van der Waals surface area contributed by atoms with Gasteiger partial charge in [0.05, 0.1) is 16.9 Å². The van der Waals surface area contributed by atoms with Crippen molar-refractivity contribution >= 4 is 26.7 Å². The summed E-state index contributed by atoms with van der Waals surface area (Å²) in [5.41, 5.74) is 4.07. The molecule has 1 aliphatic rings. The van der Waals surface area contributed by atoms with Gasteiger partial charge >= 0.3 is 0 Å². The van der Waals surface area contributed by atoms with E-state index >= 15 is 0 Å². The number of aryl methyl sites for hydroxylation is 2. The number of benzene rings is 2. The van der Waals surface area contributed by atoms with Crippen molar-refractivity contribution in [3.05, 3.63) is 80.7 Å². The molecule has 2 aromatic carbocycles. The SMILES string of the molecule is Cc1cc2oc(C(=O)N(Cc3ccc(C(C)C)cc3)[C@@H]3CCS(=O)(=O)C3)cc(=O)c2cc1C. The van der Waals surface area contributed by atoms with Gasteiger partial charge in [0.2, 0.25) is 0 Å². The second-order valence-corrected chi connectivity index (χ2v) is 11.5. The van der Waals surface area contributed by atoms with Gasteiger partial charge in [0, 0.05) is 18.7 Å². The average Bonchev–Trinajstić information content (AvgIpc) is 3.12. The molecular weight excluding hydrogens is 438 g/mol. The molecule has 1 amide bonds. The molecule has 1 aromatic heterocycles. The molecule has 1 atom stereocenters. The summed E-state index contributed by atoms with van der Waals surface area (Å²) >= 11 is 0. The van der Waals surface area contributed by atoms with Crippen molar-refractivity contribution in [3.8, 4) is 0 Å². The van der Waals surface area contributed by atoms with Crippen LogP contribution in [0.15, 0.2) is 51.7 Å². The minimum absolute atomic E-state index is 0.0495. The summed E-state index contributed by atoms with van der Waals surface area (Å²) < 4.78 is 30.2. The van der Waals surface area contributed by atoms with Crippen LogP contribution < -0.4 is 5.43 Å². The second kappa shape index (κ2) is 8.78. The predicted octanol–water partition coefficient (Wildman–Crippen LogP) is 4.36. The van der Waals surface area contributed by atoms with Crippen molar-refractivity contribution < 1.29 is 17.6 Å². The molecule has 0 saturated carbocycles. The minimum atomic E-state index is -3.21. The monoisotopic (exact) mass is 467 g/mol. The molecule has 2 heterocycles. The number of fused-ring (bicyclic) bond motifs is 1. The number of carbonyl (C=O) groups is 1. The predicted molar refractivity (Wildman–Crippen MR) is 129 cm³/mol. The Balaban J connectivity index is 1.72. The number of hydrogen-bond donors (Lipinski definition) is 0. The molecule has 7 heteroatoms. The van der Waals surface area contributed by atoms with Gasteiger partial charge in [-0.2, -0.15) is 0 Å². The summed E-state index contributed by atoms with van der Waals surface area (Å²) in [6.07, 6.45) is 0.369. The first-order valence-corrected chi connectivity index (χ1v) is 13.0. The van der Waals surface area contributed by atoms with Crippen molar-refractivity contribution in [3.63, 3.8) is 0 Å². The Morgan fingerprint density at radius 2 is 1.76 bits per heavy atom. The van der Waals surface area contributed by atoms with Gasteiger partial charge in [0.15, 0.2) is 21.0 Å². The maximum Gasteiger partial charge on any atom is 0.290 e. The van der Waals surface area contributed by atoms with Gasteiger partial charge in [0.25, 0.3) is 5.91 Å². The molecule has 0 N–H and O–H groups in total. The van der Waals surface area contributed by atoms with Crippen LogP contribution in [0.2, 0.25) is 0 Å². The maximum atomic E-state index is 13.6. The van der Waals surface area contributed by atoms with E-state index in [4.69, 9.17) is 4.42 Å². The molecule has 174 valence electrons. The molecule has 4 rings (SSSR count). The number of hydrogen-bond acceptors (Lipinski definition) is 5. The summed E-state index contributed by atoms with van der Waals surface area (Å²) in [5.74, 6) is -0.191. The Morgan fingerprint density at radius 1 is 1.09 bits per heavy atom. The molecular formula is C26H29NO5S. The Labute approximate surface area is 194 Å². The maximum absolute atomic E-state index is 13.6. The van der Waals surface area contributed by atoms with E-state index in [0.29, 0.717) is 23.3 Å². The van der Waals surface area contributed by atoms with E-state index < -0.39 is 21.8 Å². The number of nitrogens with zero attached hydrogens (tertiary/aromatic N) is 1. The Hall–Kier alpha value is -2.93. The fraction of sp³-hybridized carbons (Fsp3) is 0.385.